The number of aromatic hydroxyl groups is 1. The monoisotopic (exact) mass is 278 g/mol. The molecule has 1 aliphatic rings. The molecule has 1 aliphatic carbocycles. The lowest BCUT2D eigenvalue weighted by Crippen LogP contribution is -2.46. The van der Waals surface area contributed by atoms with Crippen molar-refractivity contribution in [2.75, 3.05) is 13.6 Å². The molecule has 0 spiro atoms. The molecule has 0 saturated heterocycles. The van der Waals surface area contributed by atoms with Gasteiger partial charge in [0.2, 0.25) is 5.91 Å². The van der Waals surface area contributed by atoms with E-state index in [2.05, 4.69) is 0 Å². The molecule has 0 aromatic heterocycles. The van der Waals surface area contributed by atoms with Gasteiger partial charge >= 0.3 is 0 Å². The zero-order chi connectivity index (χ0) is 14.7. The van der Waals surface area contributed by atoms with Gasteiger partial charge in [-0.05, 0) is 42.9 Å². The van der Waals surface area contributed by atoms with Crippen molar-refractivity contribution in [3.63, 3.8) is 0 Å². The quantitative estimate of drug-likeness (QED) is 0.731. The Morgan fingerprint density at radius 1 is 1.40 bits per heavy atom. The molecular formula is C15H22N2O3. The summed E-state index contributed by atoms with van der Waals surface area (Å²) in [6, 6.07) is 6.14. The highest BCUT2D eigenvalue weighted by molar-refractivity contribution is 5.81. The zero-order valence-electron chi connectivity index (χ0n) is 11.7. The van der Waals surface area contributed by atoms with E-state index in [0.29, 0.717) is 18.9 Å². The molecule has 1 saturated carbocycles. The van der Waals surface area contributed by atoms with Gasteiger partial charge in [-0.1, -0.05) is 12.1 Å². The van der Waals surface area contributed by atoms with Gasteiger partial charge in [0.15, 0.2) is 0 Å². The lowest BCUT2D eigenvalue weighted by Gasteiger charge is -2.35. The SMILES string of the molecule is CN(CC1CC(O)C1)C(=O)[C@@H](N)Cc1ccc(O)cc1. The summed E-state index contributed by atoms with van der Waals surface area (Å²) in [6.07, 6.45) is 1.79. The van der Waals surface area contributed by atoms with E-state index < -0.39 is 6.04 Å². The van der Waals surface area contributed by atoms with Crippen molar-refractivity contribution < 1.29 is 15.0 Å². The van der Waals surface area contributed by atoms with Gasteiger partial charge in [0, 0.05) is 13.6 Å². The van der Waals surface area contributed by atoms with Gasteiger partial charge in [0.25, 0.3) is 0 Å². The Kier molecular flexibility index (Phi) is 4.62. The fourth-order valence-electron chi connectivity index (χ4n) is 2.58. The topological polar surface area (TPSA) is 86.8 Å². The van der Waals surface area contributed by atoms with E-state index in [4.69, 9.17) is 5.73 Å². The second kappa shape index (κ2) is 6.24. The van der Waals surface area contributed by atoms with Crippen LogP contribution in [0.5, 0.6) is 5.75 Å². The first kappa shape index (κ1) is 14.8. The predicted octanol–water partition coefficient (Wildman–Crippen LogP) is 0.491. The number of aliphatic hydroxyl groups excluding tert-OH is 1. The van der Waals surface area contributed by atoms with E-state index in [1.807, 2.05) is 0 Å². The van der Waals surface area contributed by atoms with Crippen LogP contribution in [0.2, 0.25) is 0 Å². The summed E-state index contributed by atoms with van der Waals surface area (Å²) >= 11 is 0. The Labute approximate surface area is 119 Å². The van der Waals surface area contributed by atoms with Crippen LogP contribution in [0.1, 0.15) is 18.4 Å². The Hall–Kier alpha value is -1.59. The number of nitrogens with zero attached hydrogens (tertiary/aromatic N) is 1. The van der Waals surface area contributed by atoms with Crippen molar-refractivity contribution in [3.05, 3.63) is 29.8 Å². The van der Waals surface area contributed by atoms with E-state index in [1.165, 1.54) is 0 Å². The van der Waals surface area contributed by atoms with Crippen LogP contribution in [0, 0.1) is 5.92 Å². The Morgan fingerprint density at radius 3 is 2.55 bits per heavy atom. The number of phenols is 1. The molecule has 0 bridgehead atoms. The summed E-state index contributed by atoms with van der Waals surface area (Å²) in [7, 11) is 1.75. The van der Waals surface area contributed by atoms with Crippen LogP contribution in [0.15, 0.2) is 24.3 Å². The number of carbonyl (C=O) groups excluding carboxylic acids is 1. The van der Waals surface area contributed by atoms with E-state index in [9.17, 15) is 15.0 Å². The van der Waals surface area contributed by atoms with Gasteiger partial charge in [-0.2, -0.15) is 0 Å². The normalized spacial score (nSPS) is 22.9. The summed E-state index contributed by atoms with van der Waals surface area (Å²) in [5.74, 6) is 0.508. The van der Waals surface area contributed by atoms with Crippen LogP contribution in [-0.4, -0.2) is 46.8 Å². The predicted molar refractivity (Wildman–Crippen MR) is 76.2 cm³/mol. The van der Waals surface area contributed by atoms with Crippen LogP contribution in [0.3, 0.4) is 0 Å². The molecule has 0 aliphatic heterocycles. The molecule has 1 aromatic rings. The van der Waals surface area contributed by atoms with Crippen molar-refractivity contribution in [1.82, 2.24) is 4.90 Å². The first-order chi connectivity index (χ1) is 9.45. The average Bonchev–Trinajstić information content (AvgIpc) is 2.38. The molecule has 1 aromatic carbocycles. The molecule has 0 radical (unpaired) electrons. The maximum absolute atomic E-state index is 12.2. The number of rotatable bonds is 5. The molecule has 0 heterocycles. The van der Waals surface area contributed by atoms with E-state index in [1.54, 1.807) is 36.2 Å². The minimum atomic E-state index is -0.574. The number of likely N-dealkylation sites (N-methyl/N-ethyl adjacent to an activating group) is 1. The van der Waals surface area contributed by atoms with Gasteiger partial charge < -0.3 is 20.8 Å². The van der Waals surface area contributed by atoms with E-state index in [0.717, 1.165) is 18.4 Å². The van der Waals surface area contributed by atoms with Gasteiger partial charge in [-0.15, -0.1) is 0 Å². The second-order valence-corrected chi connectivity index (χ2v) is 5.69. The molecular weight excluding hydrogens is 256 g/mol. The van der Waals surface area contributed by atoms with Crippen molar-refractivity contribution >= 4 is 5.91 Å². The van der Waals surface area contributed by atoms with Crippen molar-refractivity contribution in [2.24, 2.45) is 11.7 Å². The summed E-state index contributed by atoms with van der Waals surface area (Å²) in [5, 5.41) is 18.5. The molecule has 20 heavy (non-hydrogen) atoms. The largest absolute Gasteiger partial charge is 0.508 e. The number of benzene rings is 1. The number of nitrogens with two attached hydrogens (primary N) is 1. The van der Waals surface area contributed by atoms with Crippen LogP contribution in [-0.2, 0) is 11.2 Å². The highest BCUT2D eigenvalue weighted by Gasteiger charge is 2.30. The third-order valence-corrected chi connectivity index (χ3v) is 3.83. The van der Waals surface area contributed by atoms with Crippen LogP contribution < -0.4 is 5.73 Å². The molecule has 5 nitrogen and oxygen atoms in total. The standard InChI is InChI=1S/C15H22N2O3/c1-17(9-11-6-13(19)7-11)15(20)14(16)8-10-2-4-12(18)5-3-10/h2-5,11,13-14,18-19H,6-9,16H2,1H3/t11?,13?,14-/m0/s1. The highest BCUT2D eigenvalue weighted by atomic mass is 16.3. The first-order valence-electron chi connectivity index (χ1n) is 6.92. The van der Waals surface area contributed by atoms with Gasteiger partial charge in [0.1, 0.15) is 5.75 Å². The molecule has 4 N–H and O–H groups in total. The minimum absolute atomic E-state index is 0.0838. The summed E-state index contributed by atoms with van der Waals surface area (Å²) in [6.45, 7) is 0.652. The fourth-order valence-corrected chi connectivity index (χ4v) is 2.58. The number of phenolic OH excluding ortho intramolecular Hbond substituents is 1. The number of carbonyl (C=O) groups is 1. The molecule has 5 heteroatoms. The zero-order valence-corrected chi connectivity index (χ0v) is 11.7. The lowest BCUT2D eigenvalue weighted by atomic mass is 9.82. The Balaban J connectivity index is 1.83. The highest BCUT2D eigenvalue weighted by Crippen LogP contribution is 2.27. The average molecular weight is 278 g/mol. The van der Waals surface area contributed by atoms with Crippen molar-refractivity contribution in [3.8, 4) is 5.75 Å². The molecule has 0 unspecified atom stereocenters. The van der Waals surface area contributed by atoms with Crippen molar-refractivity contribution in [1.29, 1.82) is 0 Å². The smallest absolute Gasteiger partial charge is 0.239 e. The summed E-state index contributed by atoms with van der Waals surface area (Å²) in [4.78, 5) is 13.8. The molecule has 2 rings (SSSR count). The van der Waals surface area contributed by atoms with E-state index in [-0.39, 0.29) is 17.8 Å². The molecule has 1 fully saturated rings. The maximum atomic E-state index is 12.2. The molecule has 1 amide bonds. The van der Waals surface area contributed by atoms with Gasteiger partial charge in [-0.25, -0.2) is 0 Å². The number of hydrogen-bond acceptors (Lipinski definition) is 4. The Morgan fingerprint density at radius 2 is 2.00 bits per heavy atom. The van der Waals surface area contributed by atoms with Crippen LogP contribution in [0.25, 0.3) is 0 Å². The van der Waals surface area contributed by atoms with Gasteiger partial charge in [0.05, 0.1) is 12.1 Å². The maximum Gasteiger partial charge on any atom is 0.239 e. The minimum Gasteiger partial charge on any atom is -0.508 e. The van der Waals surface area contributed by atoms with E-state index >= 15 is 0 Å². The summed E-state index contributed by atoms with van der Waals surface area (Å²) < 4.78 is 0. The third kappa shape index (κ3) is 3.71. The number of amides is 1. The van der Waals surface area contributed by atoms with Crippen LogP contribution >= 0.6 is 0 Å². The fraction of sp³-hybridized carbons (Fsp3) is 0.533. The second-order valence-electron chi connectivity index (χ2n) is 5.69. The number of hydrogen-bond donors (Lipinski definition) is 3. The van der Waals surface area contributed by atoms with Crippen molar-refractivity contribution in [2.45, 2.75) is 31.4 Å². The molecule has 1 atom stereocenters. The lowest BCUT2D eigenvalue weighted by molar-refractivity contribution is -0.132. The summed E-state index contributed by atoms with van der Waals surface area (Å²) in [5.41, 5.74) is 6.87. The van der Waals surface area contributed by atoms with Crippen LogP contribution in [0.4, 0.5) is 0 Å². The molecule has 110 valence electrons. The first-order valence-corrected chi connectivity index (χ1v) is 6.92. The Bertz CT molecular complexity index is 455. The number of aliphatic hydroxyl groups is 1. The van der Waals surface area contributed by atoms with Gasteiger partial charge in [-0.3, -0.25) is 4.79 Å². The third-order valence-electron chi connectivity index (χ3n) is 3.83.